The number of imidazole rings is 3. The van der Waals surface area contributed by atoms with Crippen LogP contribution in [-0.4, -0.2) is 110 Å². The summed E-state index contributed by atoms with van der Waals surface area (Å²) < 4.78 is 81.1. The molecule has 450 valence electrons. The van der Waals surface area contributed by atoms with Gasteiger partial charge < -0.3 is 30.6 Å². The number of hydrogen-bond acceptors (Lipinski definition) is 16. The fraction of sp³-hybridized carbons (Fsp3) is 0.161. The number of amides is 2. The van der Waals surface area contributed by atoms with Crippen LogP contribution in [0.25, 0.3) is 84.5 Å². The molecule has 16 rings (SSSR count). The van der Waals surface area contributed by atoms with Crippen LogP contribution in [0.1, 0.15) is 34.4 Å². The lowest BCUT2D eigenvalue weighted by Gasteiger charge is -2.15. The summed E-state index contributed by atoms with van der Waals surface area (Å²) in [5.74, 6) is -1.27. The summed E-state index contributed by atoms with van der Waals surface area (Å²) in [5.41, 5.74) is 19.5. The van der Waals surface area contributed by atoms with Crippen LogP contribution in [-0.2, 0) is 58.5 Å². The van der Waals surface area contributed by atoms with Crippen LogP contribution < -0.4 is 16.4 Å². The van der Waals surface area contributed by atoms with Crippen LogP contribution in [0, 0.1) is 23.4 Å². The maximum Gasteiger partial charge on any atom is 0.257 e. The number of fused-ring (bicyclic) bond motifs is 6. The minimum atomic E-state index is -0.746. The molecule has 10 aromatic heterocycles. The van der Waals surface area contributed by atoms with Gasteiger partial charge in [0.05, 0.1) is 129 Å². The Labute approximate surface area is 506 Å². The number of carbonyl (C=O) groups excluding carboxylic acids is 2. The summed E-state index contributed by atoms with van der Waals surface area (Å²) in [4.78, 5) is 40.1. The van der Waals surface area contributed by atoms with Crippen LogP contribution >= 0.6 is 0 Å². The Kier molecular flexibility index (Phi) is 14.9. The first-order valence-corrected chi connectivity index (χ1v) is 28.2. The fourth-order valence-electron chi connectivity index (χ4n) is 10.8. The molecule has 0 saturated heterocycles. The average molecular weight is 1220 g/mol. The van der Waals surface area contributed by atoms with Gasteiger partial charge in [0.25, 0.3) is 5.91 Å². The third kappa shape index (κ3) is 11.3. The second-order valence-electron chi connectivity index (χ2n) is 20.8. The van der Waals surface area contributed by atoms with Crippen molar-refractivity contribution in [3.63, 3.8) is 0 Å². The van der Waals surface area contributed by atoms with Crippen molar-refractivity contribution in [1.82, 2.24) is 78.1 Å². The molecule has 3 aromatic carbocycles. The lowest BCUT2D eigenvalue weighted by atomic mass is 10.0. The van der Waals surface area contributed by atoms with E-state index < -0.39 is 11.9 Å². The second-order valence-corrected chi connectivity index (χ2v) is 20.8. The van der Waals surface area contributed by atoms with Gasteiger partial charge in [-0.1, -0.05) is 0 Å². The van der Waals surface area contributed by atoms with E-state index in [0.717, 1.165) is 73.6 Å². The van der Waals surface area contributed by atoms with Crippen LogP contribution in [0.2, 0.25) is 0 Å². The minimum Gasteiger partial charge on any atom is -0.382 e. The SMILES string of the molecule is CC(=O)Nc1cn2nc(-c3c(-c4ccc(F)cc4)nn4c3COCC4)ccc2n1.Nc1cn2nc(-c3c(-c4ccc(F)cc4)nn4c3COCC4)ccc2n1.O=C(Nc1cn2nc(-c3c(-c4ccc(F)cc4)nn4c3COCC4)ccc2n1)c1ccnc(F)c1. The van der Waals surface area contributed by atoms with Crippen LogP contribution in [0.4, 0.5) is 35.0 Å². The van der Waals surface area contributed by atoms with Crippen molar-refractivity contribution in [1.29, 1.82) is 0 Å². The monoisotopic (exact) mass is 1220 g/mol. The standard InChI is InChI=1S/C24H17F2N7O2.C20H17FN6O2.C18H15FN6O/c25-16-3-1-14(2-4-16)23-22(18-13-35-10-9-32(18)31-23)17-5-6-21-28-20(12-33(21)30-17)29-24(34)15-7-8-27-19(26)11-15;1-12(28)22-17-10-27-18(23-17)7-6-15(24-27)19-16-11-29-9-8-26(16)25-20(19)13-2-4-14(21)5-3-13;19-12-3-1-11(2-4-12)18-17(14-10-26-8-7-24(14)23-18)13-5-6-16-21-15(20)9-25(16)22-13/h1-8,11-12H,9-10,13H2,(H,29,34);2-7,10H,8-9,11H2,1H3,(H,22,28);1-6,9H,7-8,10,20H2. The molecule has 13 aromatic rings. The van der Waals surface area contributed by atoms with Crippen molar-refractivity contribution in [2.24, 2.45) is 0 Å². The maximum atomic E-state index is 13.5. The van der Waals surface area contributed by atoms with Gasteiger partial charge in [-0.25, -0.2) is 46.7 Å². The van der Waals surface area contributed by atoms with Gasteiger partial charge in [-0.2, -0.15) is 35.0 Å². The first kappa shape index (κ1) is 56.4. The molecule has 0 aliphatic carbocycles. The number of pyridine rings is 1. The molecule has 0 atom stereocenters. The van der Waals surface area contributed by atoms with Crippen molar-refractivity contribution in [3.8, 4) is 67.5 Å². The summed E-state index contributed by atoms with van der Waals surface area (Å²) in [6.07, 6.45) is 6.11. The summed E-state index contributed by atoms with van der Waals surface area (Å²) in [7, 11) is 0. The Hall–Kier alpha value is -11.4. The molecule has 0 radical (unpaired) electrons. The number of aromatic nitrogens is 16. The van der Waals surface area contributed by atoms with E-state index in [2.05, 4.69) is 40.8 Å². The predicted octanol–water partition coefficient (Wildman–Crippen LogP) is 9.11. The number of rotatable bonds is 9. The highest BCUT2D eigenvalue weighted by molar-refractivity contribution is 6.03. The van der Waals surface area contributed by atoms with Crippen molar-refractivity contribution < 1.29 is 41.4 Å². The summed E-state index contributed by atoms with van der Waals surface area (Å²) in [6, 6.07) is 32.2. The number of nitrogen functional groups attached to an aromatic ring is 1. The molecular formula is C62H49F4N19O5. The number of ether oxygens (including phenoxy) is 3. The summed E-state index contributed by atoms with van der Waals surface area (Å²) >= 11 is 0. The van der Waals surface area contributed by atoms with E-state index in [0.29, 0.717) is 105 Å². The third-order valence-corrected chi connectivity index (χ3v) is 14.9. The molecule has 0 saturated carbocycles. The van der Waals surface area contributed by atoms with Gasteiger partial charge in [0.1, 0.15) is 40.4 Å². The zero-order chi connectivity index (χ0) is 61.6. The number of hydrogen-bond donors (Lipinski definition) is 3. The largest absolute Gasteiger partial charge is 0.382 e. The summed E-state index contributed by atoms with van der Waals surface area (Å²) in [5, 5.41) is 33.5. The molecular weight excluding hydrogens is 1170 g/mol. The molecule has 0 fully saturated rings. The molecule has 3 aliphatic rings. The topological polar surface area (TPSA) is 269 Å². The first-order chi connectivity index (χ1) is 43.8. The van der Waals surface area contributed by atoms with Gasteiger partial charge in [0.15, 0.2) is 28.6 Å². The van der Waals surface area contributed by atoms with E-state index in [1.54, 1.807) is 74.6 Å². The molecule has 28 heteroatoms. The van der Waals surface area contributed by atoms with Crippen LogP contribution in [0.5, 0.6) is 0 Å². The molecule has 13 heterocycles. The molecule has 3 aliphatic heterocycles. The van der Waals surface area contributed by atoms with Crippen molar-refractivity contribution in [2.45, 2.75) is 46.4 Å². The molecule has 0 unspecified atom stereocenters. The Balaban J connectivity index is 0.000000119. The predicted molar refractivity (Wildman–Crippen MR) is 319 cm³/mol. The number of nitrogens with zero attached hydrogens (tertiary/aromatic N) is 16. The Morgan fingerprint density at radius 2 is 0.867 bits per heavy atom. The van der Waals surface area contributed by atoms with E-state index in [1.165, 1.54) is 55.6 Å². The van der Waals surface area contributed by atoms with Gasteiger partial charge in [-0.05, 0) is 115 Å². The lowest BCUT2D eigenvalue weighted by molar-refractivity contribution is -0.114. The van der Waals surface area contributed by atoms with Gasteiger partial charge in [0, 0.05) is 41.4 Å². The highest BCUT2D eigenvalue weighted by Gasteiger charge is 2.28. The number of nitrogens with two attached hydrogens (primary N) is 1. The van der Waals surface area contributed by atoms with Crippen molar-refractivity contribution in [3.05, 3.63) is 192 Å². The second kappa shape index (κ2) is 23.7. The third-order valence-electron chi connectivity index (χ3n) is 14.9. The van der Waals surface area contributed by atoms with Gasteiger partial charge >= 0.3 is 0 Å². The maximum absolute atomic E-state index is 13.5. The molecule has 24 nitrogen and oxygen atoms in total. The Morgan fingerprint density at radius 3 is 1.27 bits per heavy atom. The van der Waals surface area contributed by atoms with E-state index in [4.69, 9.17) is 40.3 Å². The molecule has 0 bridgehead atoms. The molecule has 0 spiro atoms. The highest BCUT2D eigenvalue weighted by atomic mass is 19.1. The van der Waals surface area contributed by atoms with Gasteiger partial charge in [-0.3, -0.25) is 23.6 Å². The zero-order valence-corrected chi connectivity index (χ0v) is 47.5. The van der Waals surface area contributed by atoms with E-state index in [-0.39, 0.29) is 34.7 Å². The number of halogens is 4. The summed E-state index contributed by atoms with van der Waals surface area (Å²) in [6.45, 7) is 6.34. The van der Waals surface area contributed by atoms with Gasteiger partial charge in [0.2, 0.25) is 11.9 Å². The molecule has 90 heavy (non-hydrogen) atoms. The lowest BCUT2D eigenvalue weighted by Crippen LogP contribution is -2.17. The quantitative estimate of drug-likeness (QED) is 0.0898. The minimum absolute atomic E-state index is 0.124. The molecule has 4 N–H and O–H groups in total. The Bertz CT molecular complexity index is 4880. The number of anilines is 3. The van der Waals surface area contributed by atoms with Crippen molar-refractivity contribution >= 4 is 46.2 Å². The zero-order valence-electron chi connectivity index (χ0n) is 47.5. The number of carbonyl (C=O) groups is 2. The van der Waals surface area contributed by atoms with E-state index in [9.17, 15) is 27.2 Å². The van der Waals surface area contributed by atoms with Gasteiger partial charge in [-0.15, -0.1) is 0 Å². The van der Waals surface area contributed by atoms with Crippen LogP contribution in [0.15, 0.2) is 146 Å². The molecule has 2 amide bonds. The van der Waals surface area contributed by atoms with E-state index >= 15 is 0 Å². The smallest absolute Gasteiger partial charge is 0.257 e. The Morgan fingerprint density at radius 1 is 0.478 bits per heavy atom. The number of benzene rings is 3. The first-order valence-electron chi connectivity index (χ1n) is 28.2. The van der Waals surface area contributed by atoms with Crippen molar-refractivity contribution in [2.75, 3.05) is 36.2 Å². The van der Waals surface area contributed by atoms with Crippen LogP contribution in [0.3, 0.4) is 0 Å². The normalized spacial score (nSPS) is 13.4. The average Bonchev–Trinajstić information content (AvgIpc) is 1.81. The van der Waals surface area contributed by atoms with E-state index in [1.807, 2.05) is 44.4 Å². The fourth-order valence-corrected chi connectivity index (χ4v) is 10.8. The highest BCUT2D eigenvalue weighted by Crippen LogP contribution is 2.39. The number of nitrogens with one attached hydrogen (secondary N) is 2.